The molecular formula is C16H27N3O3. The molecule has 0 aromatic carbocycles. The maximum absolute atomic E-state index is 12.4. The molecule has 0 aromatic heterocycles. The van der Waals surface area contributed by atoms with E-state index >= 15 is 0 Å². The van der Waals surface area contributed by atoms with Gasteiger partial charge in [0.05, 0.1) is 0 Å². The van der Waals surface area contributed by atoms with E-state index in [9.17, 15) is 14.4 Å². The fourth-order valence-electron chi connectivity index (χ4n) is 2.48. The highest BCUT2D eigenvalue weighted by molar-refractivity contribution is 5.89. The minimum absolute atomic E-state index is 0.0730. The monoisotopic (exact) mass is 309 g/mol. The first kappa shape index (κ1) is 16.8. The molecule has 2 fully saturated rings. The van der Waals surface area contributed by atoms with Crippen LogP contribution in [0, 0.1) is 11.3 Å². The zero-order valence-electron chi connectivity index (χ0n) is 14.0. The van der Waals surface area contributed by atoms with Gasteiger partial charge in [-0.2, -0.15) is 0 Å². The second-order valence-corrected chi connectivity index (χ2v) is 7.37. The van der Waals surface area contributed by atoms with Gasteiger partial charge in [-0.15, -0.1) is 0 Å². The molecule has 6 nitrogen and oxygen atoms in total. The van der Waals surface area contributed by atoms with Crippen LogP contribution in [0.3, 0.4) is 0 Å². The maximum atomic E-state index is 12.4. The van der Waals surface area contributed by atoms with Crippen LogP contribution in [-0.2, 0) is 14.4 Å². The normalized spacial score (nSPS) is 20.5. The molecular weight excluding hydrogens is 282 g/mol. The molecule has 1 atom stereocenters. The lowest BCUT2D eigenvalue weighted by Gasteiger charge is -2.36. The number of rotatable bonds is 3. The average molecular weight is 309 g/mol. The van der Waals surface area contributed by atoms with Gasteiger partial charge >= 0.3 is 0 Å². The molecule has 0 unspecified atom stereocenters. The van der Waals surface area contributed by atoms with Crippen molar-refractivity contribution in [3.8, 4) is 0 Å². The first-order valence-electron chi connectivity index (χ1n) is 8.08. The number of hydrogen-bond acceptors (Lipinski definition) is 3. The van der Waals surface area contributed by atoms with Crippen molar-refractivity contribution in [2.45, 2.75) is 46.6 Å². The van der Waals surface area contributed by atoms with E-state index in [1.54, 1.807) is 11.8 Å². The second-order valence-electron chi connectivity index (χ2n) is 7.37. The molecule has 1 aliphatic carbocycles. The summed E-state index contributed by atoms with van der Waals surface area (Å²) in [6, 6.07) is -0.530. The largest absolute Gasteiger partial charge is 0.344 e. The first-order valence-corrected chi connectivity index (χ1v) is 8.08. The van der Waals surface area contributed by atoms with Gasteiger partial charge < -0.3 is 15.1 Å². The van der Waals surface area contributed by atoms with Gasteiger partial charge in [-0.1, -0.05) is 20.8 Å². The first-order chi connectivity index (χ1) is 10.2. The van der Waals surface area contributed by atoms with Crippen LogP contribution in [-0.4, -0.2) is 59.7 Å². The molecule has 124 valence electrons. The van der Waals surface area contributed by atoms with Crippen LogP contribution < -0.4 is 5.32 Å². The molecule has 2 aliphatic rings. The van der Waals surface area contributed by atoms with E-state index in [2.05, 4.69) is 5.32 Å². The van der Waals surface area contributed by atoms with Gasteiger partial charge in [-0.3, -0.25) is 14.4 Å². The van der Waals surface area contributed by atoms with Crippen molar-refractivity contribution in [3.05, 3.63) is 0 Å². The summed E-state index contributed by atoms with van der Waals surface area (Å²) in [6.07, 6.45) is 2.02. The topological polar surface area (TPSA) is 69.7 Å². The Balaban J connectivity index is 1.81. The van der Waals surface area contributed by atoms with Gasteiger partial charge in [0.25, 0.3) is 0 Å². The van der Waals surface area contributed by atoms with Crippen molar-refractivity contribution in [2.24, 2.45) is 11.3 Å². The quantitative estimate of drug-likeness (QED) is 0.831. The average Bonchev–Trinajstić information content (AvgIpc) is 3.29. The van der Waals surface area contributed by atoms with Gasteiger partial charge in [-0.25, -0.2) is 0 Å². The Kier molecular flexibility index (Phi) is 4.78. The van der Waals surface area contributed by atoms with Gasteiger partial charge in [0.15, 0.2) is 0 Å². The third-order valence-electron chi connectivity index (χ3n) is 4.23. The summed E-state index contributed by atoms with van der Waals surface area (Å²) in [7, 11) is 0. The van der Waals surface area contributed by atoms with Gasteiger partial charge in [-0.05, 0) is 19.8 Å². The van der Waals surface area contributed by atoms with Gasteiger partial charge in [0, 0.05) is 37.5 Å². The Bertz CT molecular complexity index is 458. The van der Waals surface area contributed by atoms with Crippen molar-refractivity contribution in [2.75, 3.05) is 26.2 Å². The number of amides is 3. The molecule has 0 radical (unpaired) electrons. The van der Waals surface area contributed by atoms with Crippen molar-refractivity contribution in [3.63, 3.8) is 0 Å². The lowest BCUT2D eigenvalue weighted by molar-refractivity contribution is -0.142. The van der Waals surface area contributed by atoms with Crippen molar-refractivity contribution in [1.29, 1.82) is 0 Å². The van der Waals surface area contributed by atoms with Gasteiger partial charge in [0.1, 0.15) is 6.04 Å². The summed E-state index contributed by atoms with van der Waals surface area (Å²) in [5.74, 6) is 0.264. The van der Waals surface area contributed by atoms with E-state index in [-0.39, 0.29) is 23.6 Å². The van der Waals surface area contributed by atoms with E-state index < -0.39 is 11.5 Å². The Labute approximate surface area is 132 Å². The van der Waals surface area contributed by atoms with E-state index in [1.165, 1.54) is 0 Å². The summed E-state index contributed by atoms with van der Waals surface area (Å²) < 4.78 is 0. The Hall–Kier alpha value is -1.59. The Morgan fingerprint density at radius 2 is 1.50 bits per heavy atom. The minimum atomic E-state index is -0.530. The molecule has 6 heteroatoms. The highest BCUT2D eigenvalue weighted by atomic mass is 16.2. The van der Waals surface area contributed by atoms with Crippen LogP contribution in [0.1, 0.15) is 40.5 Å². The standard InChI is InChI=1S/C16H27N3O3/c1-11(17-15(22)16(2,3)4)13(20)18-7-9-19(10-8-18)14(21)12-5-6-12/h11-12H,5-10H2,1-4H3,(H,17,22)/t11-/m0/s1. The van der Waals surface area contributed by atoms with Crippen LogP contribution in [0.5, 0.6) is 0 Å². The maximum Gasteiger partial charge on any atom is 0.244 e. The number of nitrogens with zero attached hydrogens (tertiary/aromatic N) is 2. The highest BCUT2D eigenvalue weighted by Crippen LogP contribution is 2.31. The van der Waals surface area contributed by atoms with Crippen LogP contribution in [0.2, 0.25) is 0 Å². The van der Waals surface area contributed by atoms with Crippen LogP contribution in [0.25, 0.3) is 0 Å². The number of carbonyl (C=O) groups is 3. The molecule has 2 rings (SSSR count). The number of nitrogens with one attached hydrogen (secondary N) is 1. The van der Waals surface area contributed by atoms with E-state index in [0.717, 1.165) is 12.8 Å². The van der Waals surface area contributed by atoms with Gasteiger partial charge in [0.2, 0.25) is 17.7 Å². The Morgan fingerprint density at radius 1 is 1.00 bits per heavy atom. The zero-order valence-corrected chi connectivity index (χ0v) is 14.0. The molecule has 1 N–H and O–H groups in total. The van der Waals surface area contributed by atoms with Crippen molar-refractivity contribution >= 4 is 17.7 Å². The molecule has 0 spiro atoms. The van der Waals surface area contributed by atoms with Crippen LogP contribution in [0.4, 0.5) is 0 Å². The number of carbonyl (C=O) groups excluding carboxylic acids is 3. The SMILES string of the molecule is C[C@H](NC(=O)C(C)(C)C)C(=O)N1CCN(C(=O)C2CC2)CC1. The van der Waals surface area contributed by atoms with Crippen LogP contribution >= 0.6 is 0 Å². The lowest BCUT2D eigenvalue weighted by atomic mass is 9.95. The van der Waals surface area contributed by atoms with Crippen molar-refractivity contribution < 1.29 is 14.4 Å². The van der Waals surface area contributed by atoms with Crippen molar-refractivity contribution in [1.82, 2.24) is 15.1 Å². The highest BCUT2D eigenvalue weighted by Gasteiger charge is 2.36. The molecule has 1 saturated heterocycles. The molecule has 1 heterocycles. The molecule has 1 saturated carbocycles. The van der Waals surface area contributed by atoms with E-state index in [0.29, 0.717) is 26.2 Å². The van der Waals surface area contributed by atoms with Crippen LogP contribution in [0.15, 0.2) is 0 Å². The molecule has 3 amide bonds. The summed E-state index contributed by atoms with van der Waals surface area (Å²) in [5, 5.41) is 2.77. The Morgan fingerprint density at radius 3 is 1.95 bits per heavy atom. The number of piperazine rings is 1. The summed E-state index contributed by atoms with van der Waals surface area (Å²) in [5.41, 5.74) is -0.510. The predicted octanol–water partition coefficient (Wildman–Crippen LogP) is 0.618. The summed E-state index contributed by atoms with van der Waals surface area (Å²) >= 11 is 0. The smallest absolute Gasteiger partial charge is 0.244 e. The third kappa shape index (κ3) is 3.99. The lowest BCUT2D eigenvalue weighted by Crippen LogP contribution is -2.56. The third-order valence-corrected chi connectivity index (χ3v) is 4.23. The fourth-order valence-corrected chi connectivity index (χ4v) is 2.48. The molecule has 0 aromatic rings. The predicted molar refractivity (Wildman–Crippen MR) is 82.9 cm³/mol. The summed E-state index contributed by atoms with van der Waals surface area (Å²) in [4.78, 5) is 39.9. The molecule has 22 heavy (non-hydrogen) atoms. The molecule has 1 aliphatic heterocycles. The zero-order chi connectivity index (χ0) is 16.5. The molecule has 0 bridgehead atoms. The summed E-state index contributed by atoms with van der Waals surface area (Å²) in [6.45, 7) is 9.47. The number of hydrogen-bond donors (Lipinski definition) is 1. The fraction of sp³-hybridized carbons (Fsp3) is 0.812. The minimum Gasteiger partial charge on any atom is -0.344 e. The van der Waals surface area contributed by atoms with E-state index in [1.807, 2.05) is 25.7 Å². The second kappa shape index (κ2) is 6.26. The van der Waals surface area contributed by atoms with E-state index in [4.69, 9.17) is 0 Å².